The van der Waals surface area contributed by atoms with E-state index in [1.807, 2.05) is 24.3 Å². The van der Waals surface area contributed by atoms with Crippen LogP contribution < -0.4 is 0 Å². The number of hydrogen-bond acceptors (Lipinski definition) is 6. The van der Waals surface area contributed by atoms with Crippen LogP contribution in [0, 0.1) is 0 Å². The smallest absolute Gasteiger partial charge is 0.206 e. The van der Waals surface area contributed by atoms with Gasteiger partial charge in [0.15, 0.2) is 6.29 Å². The highest BCUT2D eigenvalue weighted by Gasteiger charge is 2.17. The van der Waals surface area contributed by atoms with Gasteiger partial charge in [-0.2, -0.15) is 0 Å². The third-order valence-corrected chi connectivity index (χ3v) is 8.05. The fraction of sp³-hybridized carbons (Fsp3) is 0.280. The number of phenols is 1. The average molecular weight is 471 g/mol. The van der Waals surface area contributed by atoms with E-state index in [1.54, 1.807) is 23.9 Å². The molecule has 1 aliphatic heterocycles. The van der Waals surface area contributed by atoms with Crippen LogP contribution in [-0.2, 0) is 19.3 Å². The minimum absolute atomic E-state index is 0.0340. The molecular formula is C25H26O5S2. The van der Waals surface area contributed by atoms with Crippen LogP contribution in [0.15, 0.2) is 87.5 Å². The second-order valence-corrected chi connectivity index (χ2v) is 10.7. The van der Waals surface area contributed by atoms with Gasteiger partial charge in [0, 0.05) is 17.3 Å². The van der Waals surface area contributed by atoms with Crippen molar-refractivity contribution in [3.63, 3.8) is 0 Å². The van der Waals surface area contributed by atoms with Crippen LogP contribution in [0.2, 0.25) is 0 Å². The second kappa shape index (κ2) is 10.5. The maximum Gasteiger partial charge on any atom is 0.206 e. The molecule has 3 aromatic rings. The molecule has 5 nitrogen and oxygen atoms in total. The van der Waals surface area contributed by atoms with E-state index < -0.39 is 9.84 Å². The molecule has 1 heterocycles. The highest BCUT2D eigenvalue weighted by molar-refractivity contribution is 7.99. The van der Waals surface area contributed by atoms with Crippen molar-refractivity contribution in [1.29, 1.82) is 0 Å². The first-order valence-electron chi connectivity index (χ1n) is 10.6. The van der Waals surface area contributed by atoms with Crippen molar-refractivity contribution in [2.75, 3.05) is 19.0 Å². The Hall–Kier alpha value is -2.32. The molecule has 0 saturated carbocycles. The molecular weight excluding hydrogens is 444 g/mol. The maximum atomic E-state index is 12.8. The number of aromatic hydroxyl groups is 1. The van der Waals surface area contributed by atoms with Gasteiger partial charge in [-0.1, -0.05) is 24.3 Å². The maximum absolute atomic E-state index is 12.8. The molecule has 3 aromatic carbocycles. The topological polar surface area (TPSA) is 72.8 Å². The van der Waals surface area contributed by atoms with Crippen molar-refractivity contribution in [2.24, 2.45) is 0 Å². The van der Waals surface area contributed by atoms with Crippen LogP contribution >= 0.6 is 11.8 Å². The predicted octanol–water partition coefficient (Wildman–Crippen LogP) is 5.53. The lowest BCUT2D eigenvalue weighted by Gasteiger charge is -2.22. The van der Waals surface area contributed by atoms with Crippen LogP contribution in [0.4, 0.5) is 0 Å². The zero-order valence-corrected chi connectivity index (χ0v) is 19.3. The largest absolute Gasteiger partial charge is 0.508 e. The Balaban J connectivity index is 1.34. The summed E-state index contributed by atoms with van der Waals surface area (Å²) in [6.45, 7) is 1.46. The predicted molar refractivity (Wildman–Crippen MR) is 126 cm³/mol. The summed E-state index contributed by atoms with van der Waals surface area (Å²) in [6.07, 6.45) is 3.22. The van der Waals surface area contributed by atoms with Gasteiger partial charge >= 0.3 is 0 Å². The molecule has 1 unspecified atom stereocenters. The van der Waals surface area contributed by atoms with Crippen molar-refractivity contribution in [2.45, 2.75) is 40.2 Å². The summed E-state index contributed by atoms with van der Waals surface area (Å²) in [5.74, 6) is 0.898. The molecule has 1 atom stereocenters. The van der Waals surface area contributed by atoms with E-state index in [4.69, 9.17) is 9.47 Å². The van der Waals surface area contributed by atoms with Gasteiger partial charge in [-0.15, -0.1) is 11.8 Å². The van der Waals surface area contributed by atoms with Gasteiger partial charge in [-0.05, 0) is 78.9 Å². The van der Waals surface area contributed by atoms with Crippen molar-refractivity contribution in [1.82, 2.24) is 0 Å². The number of rotatable bonds is 8. The highest BCUT2D eigenvalue weighted by Crippen LogP contribution is 2.28. The number of sulfone groups is 1. The lowest BCUT2D eigenvalue weighted by atomic mass is 10.1. The van der Waals surface area contributed by atoms with E-state index in [1.165, 1.54) is 30.7 Å². The summed E-state index contributed by atoms with van der Waals surface area (Å²) in [6, 6.07) is 20.6. The molecule has 0 amide bonds. The van der Waals surface area contributed by atoms with Crippen LogP contribution in [0.1, 0.15) is 19.3 Å². The van der Waals surface area contributed by atoms with Gasteiger partial charge in [0.25, 0.3) is 0 Å². The Morgan fingerprint density at radius 3 is 2.06 bits per heavy atom. The Morgan fingerprint density at radius 2 is 1.47 bits per heavy atom. The molecule has 1 aliphatic rings. The van der Waals surface area contributed by atoms with Crippen molar-refractivity contribution in [3.8, 4) is 16.9 Å². The number of benzene rings is 3. The quantitative estimate of drug-likeness (QED) is 0.345. The van der Waals surface area contributed by atoms with Gasteiger partial charge in [0.2, 0.25) is 9.84 Å². The Kier molecular flexibility index (Phi) is 7.52. The van der Waals surface area contributed by atoms with Gasteiger partial charge in [-0.25, -0.2) is 8.42 Å². The minimum atomic E-state index is -3.62. The zero-order chi connectivity index (χ0) is 22.4. The average Bonchev–Trinajstić information content (AvgIpc) is 2.83. The van der Waals surface area contributed by atoms with E-state index in [0.29, 0.717) is 6.61 Å². The minimum Gasteiger partial charge on any atom is -0.508 e. The lowest BCUT2D eigenvalue weighted by molar-refractivity contribution is -0.158. The van der Waals surface area contributed by atoms with E-state index >= 15 is 0 Å². The SMILES string of the molecule is O=S(=O)(c1ccc(O)cc1)c1ccc(-c2ccc(SCCOC3CCCCO3)cc2)cc1. The van der Waals surface area contributed by atoms with E-state index in [9.17, 15) is 13.5 Å². The second-order valence-electron chi connectivity index (χ2n) is 7.56. The van der Waals surface area contributed by atoms with E-state index in [-0.39, 0.29) is 21.8 Å². The Bertz CT molecular complexity index is 1100. The Morgan fingerprint density at radius 1 is 0.875 bits per heavy atom. The normalized spacial score (nSPS) is 16.7. The fourth-order valence-corrected chi connectivity index (χ4v) is 5.52. The van der Waals surface area contributed by atoms with Crippen LogP contribution in [0.5, 0.6) is 5.75 Å². The monoisotopic (exact) mass is 470 g/mol. The number of hydrogen-bond donors (Lipinski definition) is 1. The molecule has 0 bridgehead atoms. The van der Waals surface area contributed by atoms with Gasteiger partial charge in [0.1, 0.15) is 5.75 Å². The molecule has 0 spiro atoms. The molecule has 0 aliphatic carbocycles. The van der Waals surface area contributed by atoms with Crippen LogP contribution in [0.25, 0.3) is 11.1 Å². The van der Waals surface area contributed by atoms with Gasteiger partial charge in [-0.3, -0.25) is 0 Å². The summed E-state index contributed by atoms with van der Waals surface area (Å²) >= 11 is 1.74. The first kappa shape index (κ1) is 22.9. The molecule has 7 heteroatoms. The summed E-state index contributed by atoms with van der Waals surface area (Å²) in [7, 11) is -3.62. The molecule has 0 radical (unpaired) electrons. The summed E-state index contributed by atoms with van der Waals surface area (Å²) < 4.78 is 36.9. The van der Waals surface area contributed by atoms with Crippen molar-refractivity contribution >= 4 is 21.6 Å². The summed E-state index contributed by atoms with van der Waals surface area (Å²) in [4.78, 5) is 1.54. The number of ether oxygens (including phenoxy) is 2. The van der Waals surface area contributed by atoms with Gasteiger partial charge in [0.05, 0.1) is 16.4 Å². The summed E-state index contributed by atoms with van der Waals surface area (Å²) in [5, 5.41) is 9.38. The third-order valence-electron chi connectivity index (χ3n) is 5.29. The van der Waals surface area contributed by atoms with Gasteiger partial charge < -0.3 is 14.6 Å². The fourth-order valence-electron chi connectivity index (χ4n) is 3.51. The summed E-state index contributed by atoms with van der Waals surface area (Å²) in [5.41, 5.74) is 1.97. The van der Waals surface area contributed by atoms with E-state index in [2.05, 4.69) is 12.1 Å². The standard InChI is InChI=1S/C25H26O5S2/c26-21-8-14-24(15-9-21)32(27,28)23-12-6-20(7-13-23)19-4-10-22(11-5-19)31-18-17-30-25-3-1-2-16-29-25/h4-15,25-26H,1-3,16-18H2. The molecule has 32 heavy (non-hydrogen) atoms. The number of phenolic OH excluding ortho intramolecular Hbond substituents is 1. The Labute approximate surface area is 193 Å². The first-order chi connectivity index (χ1) is 15.5. The third kappa shape index (κ3) is 5.72. The van der Waals surface area contributed by atoms with Crippen LogP contribution in [0.3, 0.4) is 0 Å². The van der Waals surface area contributed by atoms with Crippen LogP contribution in [-0.4, -0.2) is 38.8 Å². The first-order valence-corrected chi connectivity index (χ1v) is 13.1. The van der Waals surface area contributed by atoms with Crippen molar-refractivity contribution < 1.29 is 23.0 Å². The number of thioether (sulfide) groups is 1. The molecule has 1 saturated heterocycles. The molecule has 168 valence electrons. The van der Waals surface area contributed by atoms with E-state index in [0.717, 1.165) is 41.2 Å². The molecule has 1 fully saturated rings. The highest BCUT2D eigenvalue weighted by atomic mass is 32.2. The lowest BCUT2D eigenvalue weighted by Crippen LogP contribution is -2.23. The van der Waals surface area contributed by atoms with Crippen molar-refractivity contribution in [3.05, 3.63) is 72.8 Å². The zero-order valence-electron chi connectivity index (χ0n) is 17.6. The molecule has 4 rings (SSSR count). The molecule has 0 aromatic heterocycles. The molecule has 1 N–H and O–H groups in total.